The van der Waals surface area contributed by atoms with E-state index < -0.39 is 17.8 Å². The van der Waals surface area contributed by atoms with Gasteiger partial charge in [0.1, 0.15) is 13.2 Å². The van der Waals surface area contributed by atoms with Gasteiger partial charge in [-0.15, -0.1) is 0 Å². The monoisotopic (exact) mass is 242 g/mol. The quantitative estimate of drug-likeness (QED) is 0.837. The highest BCUT2D eigenvalue weighted by Gasteiger charge is 2.25. The zero-order chi connectivity index (χ0) is 12.4. The van der Waals surface area contributed by atoms with E-state index in [-0.39, 0.29) is 17.9 Å². The van der Waals surface area contributed by atoms with Crippen molar-refractivity contribution in [1.29, 1.82) is 0 Å². The van der Waals surface area contributed by atoms with Crippen LogP contribution in [-0.2, 0) is 0 Å². The lowest BCUT2D eigenvalue weighted by Gasteiger charge is -2.23. The summed E-state index contributed by atoms with van der Waals surface area (Å²) in [6, 6.07) is 3.03. The van der Waals surface area contributed by atoms with Crippen LogP contribution in [0.1, 0.15) is 18.6 Å². The predicted molar refractivity (Wildman–Crippen MR) is 58.6 cm³/mol. The van der Waals surface area contributed by atoms with E-state index in [9.17, 15) is 9.50 Å². The number of rotatable bonds is 3. The zero-order valence-corrected chi connectivity index (χ0v) is 9.52. The van der Waals surface area contributed by atoms with Gasteiger partial charge in [0.15, 0.2) is 17.3 Å². The molecular formula is C12H15FO4. The first-order valence-corrected chi connectivity index (χ1v) is 5.52. The molecule has 0 saturated heterocycles. The van der Waals surface area contributed by atoms with Crippen molar-refractivity contribution < 1.29 is 24.1 Å². The number of hydrogen-bond acceptors (Lipinski definition) is 4. The van der Waals surface area contributed by atoms with Gasteiger partial charge in [-0.05, 0) is 12.1 Å². The first-order valence-electron chi connectivity index (χ1n) is 5.52. The van der Waals surface area contributed by atoms with Gasteiger partial charge in [-0.3, -0.25) is 0 Å². The van der Waals surface area contributed by atoms with E-state index in [4.69, 9.17) is 14.6 Å². The SMILES string of the molecule is C[C@H](CO)C(O)c1ccc2c(c1F)OCCO2. The van der Waals surface area contributed by atoms with Gasteiger partial charge in [-0.25, -0.2) is 4.39 Å². The molecule has 0 aliphatic carbocycles. The van der Waals surface area contributed by atoms with E-state index in [0.717, 1.165) is 0 Å². The standard InChI is InChI=1S/C12H15FO4/c1-7(6-14)11(15)8-2-3-9-12(10(8)13)17-5-4-16-9/h2-3,7,11,14-15H,4-6H2,1H3/t7-,11?/m1/s1. The van der Waals surface area contributed by atoms with Crippen molar-refractivity contribution in [2.45, 2.75) is 13.0 Å². The molecule has 0 spiro atoms. The minimum Gasteiger partial charge on any atom is -0.486 e. The second kappa shape index (κ2) is 4.89. The fourth-order valence-electron chi connectivity index (χ4n) is 1.73. The molecule has 1 heterocycles. The molecule has 17 heavy (non-hydrogen) atoms. The van der Waals surface area contributed by atoms with Crippen molar-refractivity contribution in [3.8, 4) is 11.5 Å². The number of hydrogen-bond donors (Lipinski definition) is 2. The second-order valence-corrected chi connectivity index (χ2v) is 4.10. The Morgan fingerprint density at radius 1 is 1.35 bits per heavy atom. The Hall–Kier alpha value is -1.33. The number of fused-ring (bicyclic) bond motifs is 1. The van der Waals surface area contributed by atoms with E-state index in [2.05, 4.69) is 0 Å². The van der Waals surface area contributed by atoms with Gasteiger partial charge >= 0.3 is 0 Å². The summed E-state index contributed by atoms with van der Waals surface area (Å²) < 4.78 is 24.5. The summed E-state index contributed by atoms with van der Waals surface area (Å²) >= 11 is 0. The summed E-state index contributed by atoms with van der Waals surface area (Å²) in [6.45, 7) is 2.11. The molecular weight excluding hydrogens is 227 g/mol. The van der Waals surface area contributed by atoms with Crippen LogP contribution in [0.4, 0.5) is 4.39 Å². The molecule has 1 aromatic rings. The van der Waals surface area contributed by atoms with E-state index >= 15 is 0 Å². The lowest BCUT2D eigenvalue weighted by Crippen LogP contribution is -2.19. The molecule has 5 heteroatoms. The zero-order valence-electron chi connectivity index (χ0n) is 9.52. The van der Waals surface area contributed by atoms with Gasteiger partial charge < -0.3 is 19.7 Å². The first-order chi connectivity index (χ1) is 8.15. The van der Waals surface area contributed by atoms with Crippen LogP contribution in [0.2, 0.25) is 0 Å². The number of halogens is 1. The van der Waals surface area contributed by atoms with E-state index in [1.54, 1.807) is 13.0 Å². The fourth-order valence-corrected chi connectivity index (χ4v) is 1.73. The van der Waals surface area contributed by atoms with Crippen LogP contribution in [0.25, 0.3) is 0 Å². The Kier molecular flexibility index (Phi) is 3.49. The van der Waals surface area contributed by atoms with Crippen LogP contribution in [0.5, 0.6) is 11.5 Å². The highest BCUT2D eigenvalue weighted by Crippen LogP contribution is 2.37. The van der Waals surface area contributed by atoms with E-state index in [1.807, 2.05) is 0 Å². The minimum absolute atomic E-state index is 0.0398. The maximum atomic E-state index is 14.1. The third-order valence-corrected chi connectivity index (χ3v) is 2.82. The molecule has 0 bridgehead atoms. The topological polar surface area (TPSA) is 58.9 Å². The van der Waals surface area contributed by atoms with Gasteiger partial charge in [0, 0.05) is 18.1 Å². The third-order valence-electron chi connectivity index (χ3n) is 2.82. The van der Waals surface area contributed by atoms with Gasteiger partial charge in [-0.2, -0.15) is 0 Å². The van der Waals surface area contributed by atoms with Crippen LogP contribution < -0.4 is 9.47 Å². The van der Waals surface area contributed by atoms with Crippen molar-refractivity contribution in [2.24, 2.45) is 5.92 Å². The molecule has 1 aliphatic rings. The molecule has 1 aromatic carbocycles. The highest BCUT2D eigenvalue weighted by molar-refractivity contribution is 5.46. The predicted octanol–water partition coefficient (Wildman–Crippen LogP) is 1.26. The van der Waals surface area contributed by atoms with Crippen LogP contribution in [0, 0.1) is 11.7 Å². The van der Waals surface area contributed by atoms with Crippen LogP contribution in [-0.4, -0.2) is 30.0 Å². The van der Waals surface area contributed by atoms with Gasteiger partial charge in [0.05, 0.1) is 6.10 Å². The summed E-state index contributed by atoms with van der Waals surface area (Å²) in [7, 11) is 0. The van der Waals surface area contributed by atoms with Crippen LogP contribution in [0.3, 0.4) is 0 Å². The number of ether oxygens (including phenoxy) is 2. The molecule has 0 saturated carbocycles. The molecule has 0 amide bonds. The smallest absolute Gasteiger partial charge is 0.197 e. The number of benzene rings is 1. The molecule has 1 aliphatic heterocycles. The number of aliphatic hydroxyl groups excluding tert-OH is 2. The van der Waals surface area contributed by atoms with Crippen molar-refractivity contribution in [3.05, 3.63) is 23.5 Å². The second-order valence-electron chi connectivity index (χ2n) is 4.10. The maximum absolute atomic E-state index is 14.1. The Morgan fingerprint density at radius 3 is 2.76 bits per heavy atom. The van der Waals surface area contributed by atoms with E-state index in [0.29, 0.717) is 19.0 Å². The largest absolute Gasteiger partial charge is 0.486 e. The van der Waals surface area contributed by atoms with Crippen molar-refractivity contribution in [2.75, 3.05) is 19.8 Å². The summed E-state index contributed by atoms with van der Waals surface area (Å²) in [5, 5.41) is 18.8. The van der Waals surface area contributed by atoms with Gasteiger partial charge in [-0.1, -0.05) is 6.92 Å². The van der Waals surface area contributed by atoms with Crippen molar-refractivity contribution in [1.82, 2.24) is 0 Å². The Morgan fingerprint density at radius 2 is 2.06 bits per heavy atom. The molecule has 2 N–H and O–H groups in total. The summed E-state index contributed by atoms with van der Waals surface area (Å²) in [5.74, 6) is -0.665. The lowest BCUT2D eigenvalue weighted by molar-refractivity contribution is 0.0728. The van der Waals surface area contributed by atoms with Gasteiger partial charge in [0.25, 0.3) is 0 Å². The van der Waals surface area contributed by atoms with Crippen molar-refractivity contribution >= 4 is 0 Å². The van der Waals surface area contributed by atoms with Crippen molar-refractivity contribution in [3.63, 3.8) is 0 Å². The minimum atomic E-state index is -1.06. The summed E-state index contributed by atoms with van der Waals surface area (Å²) in [4.78, 5) is 0. The molecule has 94 valence electrons. The molecule has 0 aromatic heterocycles. The van der Waals surface area contributed by atoms with Crippen LogP contribution in [0.15, 0.2) is 12.1 Å². The Bertz CT molecular complexity index is 408. The van der Waals surface area contributed by atoms with E-state index in [1.165, 1.54) is 6.07 Å². The molecule has 0 fully saturated rings. The first kappa shape index (κ1) is 12.1. The average molecular weight is 242 g/mol. The molecule has 2 atom stereocenters. The Balaban J connectivity index is 2.36. The normalized spacial score (nSPS) is 17.6. The number of aliphatic hydroxyl groups is 2. The molecule has 4 nitrogen and oxygen atoms in total. The molecule has 0 radical (unpaired) electrons. The average Bonchev–Trinajstić information content (AvgIpc) is 2.38. The van der Waals surface area contributed by atoms with Crippen LogP contribution >= 0.6 is 0 Å². The highest BCUT2D eigenvalue weighted by atomic mass is 19.1. The molecule has 1 unspecified atom stereocenters. The lowest BCUT2D eigenvalue weighted by atomic mass is 9.97. The third kappa shape index (κ3) is 2.21. The summed E-state index contributed by atoms with van der Waals surface area (Å²) in [6.07, 6.45) is -1.06. The van der Waals surface area contributed by atoms with Gasteiger partial charge in [0.2, 0.25) is 0 Å². The fraction of sp³-hybridized carbons (Fsp3) is 0.500. The summed E-state index contributed by atoms with van der Waals surface area (Å²) in [5.41, 5.74) is 0.121. The maximum Gasteiger partial charge on any atom is 0.197 e. The Labute approximate surface area is 98.6 Å². The molecule has 2 rings (SSSR count).